The maximum Gasteiger partial charge on any atom is 0.264 e. The molecule has 0 spiro atoms. The molecule has 1 fully saturated rings. The Kier molecular flexibility index (Phi) is 6.75. The fourth-order valence-electron chi connectivity index (χ4n) is 4.20. The van der Waals surface area contributed by atoms with Crippen molar-refractivity contribution >= 4 is 12.7 Å². The maximum absolute atomic E-state index is 14.4. The van der Waals surface area contributed by atoms with Gasteiger partial charge in [0.05, 0.1) is 6.10 Å². The van der Waals surface area contributed by atoms with Gasteiger partial charge in [-0.1, -0.05) is 63.6 Å². The van der Waals surface area contributed by atoms with E-state index in [1.165, 1.54) is 12.1 Å². The molecule has 5 heteroatoms. The molecule has 0 heterocycles. The van der Waals surface area contributed by atoms with Crippen LogP contribution in [0.15, 0.2) is 54.6 Å². The summed E-state index contributed by atoms with van der Waals surface area (Å²) in [6, 6.07) is 14.7. The van der Waals surface area contributed by atoms with Gasteiger partial charge in [-0.3, -0.25) is 4.57 Å². The van der Waals surface area contributed by atoms with Gasteiger partial charge in [0.25, 0.3) is 7.37 Å². The third kappa shape index (κ3) is 4.40. The molecule has 1 saturated carbocycles. The van der Waals surface area contributed by atoms with Crippen molar-refractivity contribution in [2.75, 3.05) is 0 Å². The van der Waals surface area contributed by atoms with Gasteiger partial charge in [0.15, 0.2) is 5.85 Å². The zero-order chi connectivity index (χ0) is 20.3. The minimum absolute atomic E-state index is 0.0136. The number of benzene rings is 2. The lowest BCUT2D eigenvalue weighted by Crippen LogP contribution is -2.35. The van der Waals surface area contributed by atoms with E-state index in [4.69, 9.17) is 4.52 Å². The Labute approximate surface area is 167 Å². The van der Waals surface area contributed by atoms with Crippen LogP contribution in [0.1, 0.15) is 51.4 Å². The number of rotatable bonds is 6. The van der Waals surface area contributed by atoms with Gasteiger partial charge in [-0.05, 0) is 48.8 Å². The van der Waals surface area contributed by atoms with Crippen molar-refractivity contribution in [1.29, 1.82) is 0 Å². The van der Waals surface area contributed by atoms with E-state index in [0.29, 0.717) is 17.1 Å². The average molecular weight is 404 g/mol. The lowest BCUT2D eigenvalue weighted by Gasteiger charge is -2.39. The second-order valence-electron chi connectivity index (χ2n) is 8.30. The summed E-state index contributed by atoms with van der Waals surface area (Å²) in [5.41, 5.74) is 0.0136. The van der Waals surface area contributed by atoms with Gasteiger partial charge in [0, 0.05) is 10.9 Å². The van der Waals surface area contributed by atoms with Gasteiger partial charge in [0.2, 0.25) is 0 Å². The Balaban J connectivity index is 2.02. The predicted molar refractivity (Wildman–Crippen MR) is 111 cm³/mol. The summed E-state index contributed by atoms with van der Waals surface area (Å²) in [6.45, 7) is 6.48. The summed E-state index contributed by atoms with van der Waals surface area (Å²) in [7, 11) is -3.77. The van der Waals surface area contributed by atoms with Crippen molar-refractivity contribution in [2.24, 2.45) is 17.8 Å². The van der Waals surface area contributed by atoms with Crippen molar-refractivity contribution in [1.82, 2.24) is 0 Å². The summed E-state index contributed by atoms with van der Waals surface area (Å²) >= 11 is 0. The van der Waals surface area contributed by atoms with Crippen LogP contribution in [0.25, 0.3) is 0 Å². The van der Waals surface area contributed by atoms with Crippen LogP contribution in [0.3, 0.4) is 0 Å². The number of aliphatic hydroxyl groups is 1. The molecule has 2 aromatic carbocycles. The van der Waals surface area contributed by atoms with E-state index < -0.39 is 19.0 Å². The molecule has 1 N–H and O–H groups in total. The lowest BCUT2D eigenvalue weighted by atomic mass is 9.75. The van der Waals surface area contributed by atoms with Crippen molar-refractivity contribution in [2.45, 2.75) is 52.0 Å². The summed E-state index contributed by atoms with van der Waals surface area (Å²) in [5.74, 6) is -1.00. The third-order valence-electron chi connectivity index (χ3n) is 5.87. The van der Waals surface area contributed by atoms with Gasteiger partial charge in [-0.15, -0.1) is 0 Å². The van der Waals surface area contributed by atoms with Gasteiger partial charge in [-0.25, -0.2) is 4.39 Å². The largest absolute Gasteiger partial charge is 0.378 e. The van der Waals surface area contributed by atoms with E-state index in [1.54, 1.807) is 36.4 Å². The van der Waals surface area contributed by atoms with Gasteiger partial charge < -0.3 is 9.63 Å². The fourth-order valence-corrected chi connectivity index (χ4v) is 6.53. The minimum Gasteiger partial charge on any atom is -0.378 e. The normalized spacial score (nSPS) is 26.0. The van der Waals surface area contributed by atoms with Crippen LogP contribution in [-0.2, 0) is 9.09 Å². The molecule has 0 unspecified atom stereocenters. The zero-order valence-electron chi connectivity index (χ0n) is 16.8. The minimum atomic E-state index is -3.77. The lowest BCUT2D eigenvalue weighted by molar-refractivity contribution is 0.0425. The Morgan fingerprint density at radius 2 is 1.71 bits per heavy atom. The van der Waals surface area contributed by atoms with E-state index in [-0.39, 0.29) is 17.6 Å². The molecule has 1 aliphatic rings. The fraction of sp³-hybridized carbons (Fsp3) is 0.478. The summed E-state index contributed by atoms with van der Waals surface area (Å²) in [4.78, 5) is 0. The summed E-state index contributed by atoms with van der Waals surface area (Å²) < 4.78 is 34.9. The molecular formula is C23H30FO3P. The summed E-state index contributed by atoms with van der Waals surface area (Å²) in [5, 5.41) is 11.5. The highest BCUT2D eigenvalue weighted by Gasteiger charge is 2.43. The first-order valence-corrected chi connectivity index (χ1v) is 11.8. The van der Waals surface area contributed by atoms with E-state index in [9.17, 15) is 14.1 Å². The standard InChI is InChI=1S/C23H30FO3P/c1-16(2)19-14-13-17(3)15-22(19)27-28(26,18-9-5-4-6-10-18)23(25)20-11-7-8-12-21(20)24/h4-12,16-17,19,22-23,25H,13-15H2,1-3H3/t17-,19-,22-,23-,28-/m1/s1. The zero-order valence-corrected chi connectivity index (χ0v) is 17.7. The Hall–Kier alpha value is -1.48. The first-order valence-electron chi connectivity index (χ1n) is 10.1. The molecule has 0 aliphatic heterocycles. The van der Waals surface area contributed by atoms with Crippen molar-refractivity contribution < 1.29 is 18.6 Å². The SMILES string of the molecule is CC(C)[C@H]1CC[C@@H](C)C[C@H]1O[P@](=O)(c1ccccc1)[C@@H](O)c1ccccc1F. The number of halogens is 1. The number of hydrogen-bond acceptors (Lipinski definition) is 3. The van der Waals surface area contributed by atoms with E-state index in [0.717, 1.165) is 19.3 Å². The topological polar surface area (TPSA) is 46.5 Å². The molecule has 0 amide bonds. The molecule has 3 rings (SSSR count). The van der Waals surface area contributed by atoms with Crippen LogP contribution in [0.5, 0.6) is 0 Å². The molecule has 3 nitrogen and oxygen atoms in total. The first-order chi connectivity index (χ1) is 13.3. The smallest absolute Gasteiger partial charge is 0.264 e. The Morgan fingerprint density at radius 1 is 1.07 bits per heavy atom. The Bertz CT molecular complexity index is 824. The van der Waals surface area contributed by atoms with Crippen LogP contribution in [0.2, 0.25) is 0 Å². The highest BCUT2D eigenvalue weighted by molar-refractivity contribution is 7.67. The van der Waals surface area contributed by atoms with Crippen molar-refractivity contribution in [3.63, 3.8) is 0 Å². The molecular weight excluding hydrogens is 374 g/mol. The summed E-state index contributed by atoms with van der Waals surface area (Å²) in [6.07, 6.45) is 2.70. The van der Waals surface area contributed by atoms with E-state index in [1.807, 2.05) is 6.07 Å². The first kappa shape index (κ1) is 21.2. The molecule has 2 aromatic rings. The molecule has 0 bridgehead atoms. The van der Waals surface area contributed by atoms with Crippen LogP contribution >= 0.6 is 7.37 Å². The van der Waals surface area contributed by atoms with Crippen LogP contribution in [-0.4, -0.2) is 11.2 Å². The van der Waals surface area contributed by atoms with Crippen LogP contribution in [0, 0.1) is 23.6 Å². The van der Waals surface area contributed by atoms with Crippen molar-refractivity contribution in [3.8, 4) is 0 Å². The highest BCUT2D eigenvalue weighted by Crippen LogP contribution is 2.60. The molecule has 0 aromatic heterocycles. The molecule has 0 saturated heterocycles. The third-order valence-corrected chi connectivity index (χ3v) is 8.40. The number of aliphatic hydroxyl groups excluding tert-OH is 1. The maximum atomic E-state index is 14.4. The average Bonchev–Trinajstić information content (AvgIpc) is 2.68. The highest BCUT2D eigenvalue weighted by atomic mass is 31.2. The van der Waals surface area contributed by atoms with Crippen LogP contribution < -0.4 is 5.30 Å². The Morgan fingerprint density at radius 3 is 2.36 bits per heavy atom. The van der Waals surface area contributed by atoms with Crippen LogP contribution in [0.4, 0.5) is 4.39 Å². The van der Waals surface area contributed by atoms with E-state index >= 15 is 0 Å². The predicted octanol–water partition coefficient (Wildman–Crippen LogP) is 5.90. The van der Waals surface area contributed by atoms with Gasteiger partial charge in [0.1, 0.15) is 5.82 Å². The molecule has 0 radical (unpaired) electrons. The number of hydrogen-bond donors (Lipinski definition) is 1. The quantitative estimate of drug-likeness (QED) is 0.610. The molecule has 1 aliphatic carbocycles. The van der Waals surface area contributed by atoms with Gasteiger partial charge >= 0.3 is 0 Å². The molecule has 152 valence electrons. The molecule has 5 atom stereocenters. The molecule has 28 heavy (non-hydrogen) atoms. The van der Waals surface area contributed by atoms with Gasteiger partial charge in [-0.2, -0.15) is 0 Å². The van der Waals surface area contributed by atoms with E-state index in [2.05, 4.69) is 20.8 Å². The second-order valence-corrected chi connectivity index (χ2v) is 10.7. The van der Waals surface area contributed by atoms with Crippen molar-refractivity contribution in [3.05, 3.63) is 66.0 Å². The second kappa shape index (κ2) is 8.90. The monoisotopic (exact) mass is 404 g/mol.